The van der Waals surface area contributed by atoms with Crippen LogP contribution < -0.4 is 10.5 Å². The molecule has 0 aliphatic heterocycles. The van der Waals surface area contributed by atoms with Crippen molar-refractivity contribution >= 4 is 28.9 Å². The Kier molecular flexibility index (Phi) is 3.61. The molecule has 0 atom stereocenters. The Hall–Kier alpha value is -1.89. The molecular formula is C13H8Cl2N2O. The summed E-state index contributed by atoms with van der Waals surface area (Å²) in [6.07, 6.45) is 0. The van der Waals surface area contributed by atoms with Gasteiger partial charge < -0.3 is 10.5 Å². The van der Waals surface area contributed by atoms with Gasteiger partial charge in [-0.05, 0) is 24.3 Å². The summed E-state index contributed by atoms with van der Waals surface area (Å²) in [6.45, 7) is 0. The molecule has 18 heavy (non-hydrogen) atoms. The molecule has 3 nitrogen and oxygen atoms in total. The number of hydrogen-bond donors (Lipinski definition) is 1. The van der Waals surface area contributed by atoms with E-state index in [9.17, 15) is 0 Å². The third-order valence-corrected chi connectivity index (χ3v) is 3.00. The number of nitrogens with two attached hydrogens (primary N) is 1. The average molecular weight is 279 g/mol. The van der Waals surface area contributed by atoms with E-state index in [2.05, 4.69) is 0 Å². The summed E-state index contributed by atoms with van der Waals surface area (Å²) < 4.78 is 5.57. The topological polar surface area (TPSA) is 59.0 Å². The molecule has 0 radical (unpaired) electrons. The Balaban J connectivity index is 2.33. The Labute approximate surface area is 114 Å². The molecule has 0 unspecified atom stereocenters. The molecule has 0 heterocycles. The Morgan fingerprint density at radius 1 is 1.06 bits per heavy atom. The van der Waals surface area contributed by atoms with Crippen molar-refractivity contribution in [2.45, 2.75) is 0 Å². The first-order valence-corrected chi connectivity index (χ1v) is 5.78. The zero-order valence-electron chi connectivity index (χ0n) is 9.15. The second kappa shape index (κ2) is 5.18. The zero-order valence-corrected chi connectivity index (χ0v) is 10.7. The van der Waals surface area contributed by atoms with Gasteiger partial charge in [-0.3, -0.25) is 0 Å². The van der Waals surface area contributed by atoms with Crippen molar-refractivity contribution in [2.24, 2.45) is 0 Å². The van der Waals surface area contributed by atoms with E-state index < -0.39 is 0 Å². The van der Waals surface area contributed by atoms with Crippen LogP contribution in [0.2, 0.25) is 10.0 Å². The van der Waals surface area contributed by atoms with Crippen LogP contribution in [0.3, 0.4) is 0 Å². The third-order valence-electron chi connectivity index (χ3n) is 2.26. The number of ether oxygens (including phenoxy) is 1. The van der Waals surface area contributed by atoms with E-state index in [4.69, 9.17) is 38.9 Å². The van der Waals surface area contributed by atoms with Crippen molar-refractivity contribution in [3.8, 4) is 17.6 Å². The summed E-state index contributed by atoms with van der Waals surface area (Å²) in [5, 5.41) is 9.65. The lowest BCUT2D eigenvalue weighted by atomic mass is 10.2. The summed E-state index contributed by atoms with van der Waals surface area (Å²) in [6, 6.07) is 11.7. The first-order valence-electron chi connectivity index (χ1n) is 5.02. The fourth-order valence-electron chi connectivity index (χ4n) is 1.36. The lowest BCUT2D eigenvalue weighted by molar-refractivity contribution is 0.485. The van der Waals surface area contributed by atoms with Crippen molar-refractivity contribution in [2.75, 3.05) is 5.73 Å². The van der Waals surface area contributed by atoms with Crippen LogP contribution in [0, 0.1) is 11.3 Å². The van der Waals surface area contributed by atoms with Crippen molar-refractivity contribution in [1.29, 1.82) is 5.26 Å². The van der Waals surface area contributed by atoms with Crippen molar-refractivity contribution in [3.63, 3.8) is 0 Å². The van der Waals surface area contributed by atoms with Gasteiger partial charge in [0.15, 0.2) is 5.75 Å². The molecule has 0 aromatic heterocycles. The molecular weight excluding hydrogens is 271 g/mol. The molecule has 0 amide bonds. The highest BCUT2D eigenvalue weighted by Crippen LogP contribution is 2.32. The van der Waals surface area contributed by atoms with Gasteiger partial charge in [0.2, 0.25) is 0 Å². The number of nitriles is 1. The van der Waals surface area contributed by atoms with Gasteiger partial charge in [0.1, 0.15) is 5.75 Å². The molecule has 90 valence electrons. The number of benzene rings is 2. The summed E-state index contributed by atoms with van der Waals surface area (Å²) in [5.74, 6) is 0.915. The van der Waals surface area contributed by atoms with Crippen molar-refractivity contribution in [1.82, 2.24) is 0 Å². The lowest BCUT2D eigenvalue weighted by Gasteiger charge is -2.09. The zero-order chi connectivity index (χ0) is 13.1. The third kappa shape index (κ3) is 2.67. The van der Waals surface area contributed by atoms with Gasteiger partial charge in [0, 0.05) is 12.1 Å². The highest BCUT2D eigenvalue weighted by Gasteiger charge is 2.06. The van der Waals surface area contributed by atoms with Gasteiger partial charge in [-0.15, -0.1) is 0 Å². The van der Waals surface area contributed by atoms with Crippen LogP contribution in [-0.2, 0) is 0 Å². The molecule has 2 aromatic rings. The molecule has 0 aliphatic carbocycles. The molecule has 0 spiro atoms. The van der Waals surface area contributed by atoms with Crippen LogP contribution in [0.1, 0.15) is 5.56 Å². The number of halogens is 2. The minimum Gasteiger partial charge on any atom is -0.455 e. The van der Waals surface area contributed by atoms with E-state index in [0.29, 0.717) is 32.8 Å². The maximum absolute atomic E-state index is 8.81. The number of nitrogens with zero attached hydrogens (tertiary/aromatic N) is 1. The highest BCUT2D eigenvalue weighted by atomic mass is 35.5. The van der Waals surface area contributed by atoms with E-state index in [-0.39, 0.29) is 0 Å². The monoisotopic (exact) mass is 278 g/mol. The van der Waals surface area contributed by atoms with Crippen LogP contribution in [0.4, 0.5) is 5.69 Å². The van der Waals surface area contributed by atoms with Gasteiger partial charge in [-0.1, -0.05) is 23.2 Å². The van der Waals surface area contributed by atoms with Gasteiger partial charge in [-0.25, -0.2) is 0 Å². The molecule has 0 saturated carbocycles. The first-order chi connectivity index (χ1) is 8.60. The SMILES string of the molecule is N#Cc1ccc(N)c(Oc2ccc(Cl)c(Cl)c2)c1. The molecule has 2 rings (SSSR count). The molecule has 0 fully saturated rings. The Morgan fingerprint density at radius 2 is 1.83 bits per heavy atom. The predicted molar refractivity (Wildman–Crippen MR) is 72.1 cm³/mol. The first kappa shape index (κ1) is 12.6. The van der Waals surface area contributed by atoms with Gasteiger partial charge in [0.05, 0.1) is 27.4 Å². The number of nitrogen functional groups attached to an aromatic ring is 1. The summed E-state index contributed by atoms with van der Waals surface area (Å²) in [7, 11) is 0. The van der Waals surface area contributed by atoms with Crippen molar-refractivity contribution < 1.29 is 4.74 Å². The standard InChI is InChI=1S/C13H8Cl2N2O/c14-10-3-2-9(6-11(10)15)18-13-5-8(7-16)1-4-12(13)17/h1-6H,17H2. The van der Waals surface area contributed by atoms with E-state index in [1.54, 1.807) is 36.4 Å². The number of anilines is 1. The second-order valence-electron chi connectivity index (χ2n) is 3.54. The Morgan fingerprint density at radius 3 is 2.50 bits per heavy atom. The van der Waals surface area contributed by atoms with Crippen LogP contribution in [-0.4, -0.2) is 0 Å². The van der Waals surface area contributed by atoms with Crippen LogP contribution >= 0.6 is 23.2 Å². The summed E-state index contributed by atoms with van der Waals surface area (Å²) in [5.41, 5.74) is 6.68. The number of hydrogen-bond acceptors (Lipinski definition) is 3. The molecule has 2 aromatic carbocycles. The predicted octanol–water partition coefficient (Wildman–Crippen LogP) is 4.24. The molecule has 0 saturated heterocycles. The van der Waals surface area contributed by atoms with Gasteiger partial charge >= 0.3 is 0 Å². The maximum Gasteiger partial charge on any atom is 0.151 e. The van der Waals surface area contributed by atoms with Crippen LogP contribution in [0.15, 0.2) is 36.4 Å². The molecule has 2 N–H and O–H groups in total. The van der Waals surface area contributed by atoms with Crippen LogP contribution in [0.5, 0.6) is 11.5 Å². The fourth-order valence-corrected chi connectivity index (χ4v) is 1.65. The Bertz CT molecular complexity index is 635. The quantitative estimate of drug-likeness (QED) is 0.836. The highest BCUT2D eigenvalue weighted by molar-refractivity contribution is 6.42. The van der Waals surface area contributed by atoms with E-state index in [0.717, 1.165) is 0 Å². The summed E-state index contributed by atoms with van der Waals surface area (Å²) in [4.78, 5) is 0. The average Bonchev–Trinajstić information content (AvgIpc) is 2.36. The van der Waals surface area contributed by atoms with Crippen molar-refractivity contribution in [3.05, 3.63) is 52.0 Å². The smallest absolute Gasteiger partial charge is 0.151 e. The van der Waals surface area contributed by atoms with E-state index in [1.807, 2.05) is 6.07 Å². The fraction of sp³-hybridized carbons (Fsp3) is 0. The minimum absolute atomic E-state index is 0.393. The maximum atomic E-state index is 8.81. The summed E-state index contributed by atoms with van der Waals surface area (Å²) >= 11 is 11.7. The van der Waals surface area contributed by atoms with Crippen LogP contribution in [0.25, 0.3) is 0 Å². The van der Waals surface area contributed by atoms with E-state index >= 15 is 0 Å². The minimum atomic E-state index is 0.393. The normalized spacial score (nSPS) is 9.83. The largest absolute Gasteiger partial charge is 0.455 e. The number of rotatable bonds is 2. The molecule has 0 bridgehead atoms. The van der Waals surface area contributed by atoms with E-state index in [1.165, 1.54) is 0 Å². The van der Waals surface area contributed by atoms with Gasteiger partial charge in [0.25, 0.3) is 0 Å². The van der Waals surface area contributed by atoms with Gasteiger partial charge in [-0.2, -0.15) is 5.26 Å². The second-order valence-corrected chi connectivity index (χ2v) is 4.36. The molecule has 5 heteroatoms. The molecule has 0 aliphatic rings. The lowest BCUT2D eigenvalue weighted by Crippen LogP contribution is -1.92.